The number of hydrazine groups is 1. The fourth-order valence-electron chi connectivity index (χ4n) is 1.39. The van der Waals surface area contributed by atoms with Crippen LogP contribution in [0.15, 0.2) is 24.3 Å². The molecule has 0 saturated carbocycles. The van der Waals surface area contributed by atoms with Crippen LogP contribution < -0.4 is 10.2 Å². The Balaban J connectivity index is 2.33. The van der Waals surface area contributed by atoms with Crippen LogP contribution in [-0.2, 0) is 6.42 Å². The molecular formula is C13H22N2O2. The number of benzene rings is 1. The van der Waals surface area contributed by atoms with Crippen molar-refractivity contribution in [3.05, 3.63) is 29.8 Å². The number of nitrogens with zero attached hydrogens (tertiary/aromatic N) is 1. The van der Waals surface area contributed by atoms with E-state index in [1.165, 1.54) is 5.56 Å². The molecule has 0 amide bonds. The van der Waals surface area contributed by atoms with Gasteiger partial charge in [0.25, 0.3) is 0 Å². The molecule has 4 nitrogen and oxygen atoms in total. The molecular weight excluding hydrogens is 216 g/mol. The highest BCUT2D eigenvalue weighted by Gasteiger charge is 2.05. The molecule has 0 spiro atoms. The van der Waals surface area contributed by atoms with Crippen molar-refractivity contribution in [2.24, 2.45) is 0 Å². The predicted octanol–water partition coefficient (Wildman–Crippen LogP) is 1.05. The Bertz CT molecular complexity index is 329. The Morgan fingerprint density at radius 2 is 2.18 bits per heavy atom. The van der Waals surface area contributed by atoms with Gasteiger partial charge < -0.3 is 9.84 Å². The Morgan fingerprint density at radius 3 is 2.82 bits per heavy atom. The lowest BCUT2D eigenvalue weighted by Gasteiger charge is -2.16. The van der Waals surface area contributed by atoms with Crippen LogP contribution in [0.25, 0.3) is 0 Å². The van der Waals surface area contributed by atoms with Gasteiger partial charge in [0.2, 0.25) is 0 Å². The number of hydrogen-bond acceptors (Lipinski definition) is 4. The minimum absolute atomic E-state index is 0.300. The van der Waals surface area contributed by atoms with E-state index >= 15 is 0 Å². The highest BCUT2D eigenvalue weighted by molar-refractivity contribution is 5.28. The zero-order chi connectivity index (χ0) is 12.7. The summed E-state index contributed by atoms with van der Waals surface area (Å²) >= 11 is 0. The van der Waals surface area contributed by atoms with Crippen LogP contribution in [0.5, 0.6) is 5.75 Å². The van der Waals surface area contributed by atoms with Crippen LogP contribution in [0.1, 0.15) is 12.5 Å². The average molecular weight is 238 g/mol. The molecule has 1 atom stereocenters. The first-order valence-corrected chi connectivity index (χ1v) is 5.92. The Morgan fingerprint density at radius 1 is 1.41 bits per heavy atom. The van der Waals surface area contributed by atoms with Crippen LogP contribution in [0, 0.1) is 0 Å². The summed E-state index contributed by atoms with van der Waals surface area (Å²) in [7, 11) is 3.77. The summed E-state index contributed by atoms with van der Waals surface area (Å²) in [5.41, 5.74) is 4.25. The van der Waals surface area contributed by atoms with Gasteiger partial charge >= 0.3 is 0 Å². The number of aliphatic hydroxyl groups is 1. The van der Waals surface area contributed by atoms with E-state index in [2.05, 4.69) is 18.4 Å². The smallest absolute Gasteiger partial charge is 0.119 e. The van der Waals surface area contributed by atoms with Crippen LogP contribution in [0.3, 0.4) is 0 Å². The maximum atomic E-state index is 9.67. The van der Waals surface area contributed by atoms with Crippen LogP contribution >= 0.6 is 0 Å². The maximum absolute atomic E-state index is 9.67. The highest BCUT2D eigenvalue weighted by Crippen LogP contribution is 2.13. The van der Waals surface area contributed by atoms with Crippen molar-refractivity contribution in [1.29, 1.82) is 0 Å². The van der Waals surface area contributed by atoms with Crippen molar-refractivity contribution in [1.82, 2.24) is 10.4 Å². The van der Waals surface area contributed by atoms with E-state index in [4.69, 9.17) is 4.74 Å². The summed E-state index contributed by atoms with van der Waals surface area (Å²) in [6.07, 6.45) is 0.477. The third-order valence-corrected chi connectivity index (χ3v) is 2.39. The lowest BCUT2D eigenvalue weighted by atomic mass is 10.2. The van der Waals surface area contributed by atoms with Crippen LogP contribution in [0.2, 0.25) is 0 Å². The molecule has 0 radical (unpaired) electrons. The van der Waals surface area contributed by atoms with Gasteiger partial charge in [-0.3, -0.25) is 10.4 Å². The van der Waals surface area contributed by atoms with E-state index in [9.17, 15) is 5.11 Å². The predicted molar refractivity (Wildman–Crippen MR) is 69.0 cm³/mol. The monoisotopic (exact) mass is 238 g/mol. The van der Waals surface area contributed by atoms with Gasteiger partial charge in [0.1, 0.15) is 18.5 Å². The molecule has 0 aromatic heterocycles. The van der Waals surface area contributed by atoms with Crippen LogP contribution in [-0.4, -0.2) is 43.5 Å². The van der Waals surface area contributed by atoms with Crippen LogP contribution in [0.4, 0.5) is 0 Å². The summed E-state index contributed by atoms with van der Waals surface area (Å²) in [6, 6.07) is 7.95. The number of nitrogens with one attached hydrogen (secondary N) is 1. The molecule has 0 heterocycles. The minimum atomic E-state index is -0.511. The summed E-state index contributed by atoms with van der Waals surface area (Å²) in [5, 5.41) is 11.5. The molecule has 0 aliphatic rings. The molecule has 1 unspecified atom stereocenters. The molecule has 1 aromatic carbocycles. The summed E-state index contributed by atoms with van der Waals surface area (Å²) in [4.78, 5) is 0. The second-order valence-corrected chi connectivity index (χ2v) is 4.22. The first-order valence-electron chi connectivity index (χ1n) is 5.92. The van der Waals surface area contributed by atoms with E-state index in [0.717, 1.165) is 12.2 Å². The summed E-state index contributed by atoms with van der Waals surface area (Å²) in [5.74, 6) is 0.813. The molecule has 4 heteroatoms. The number of aryl methyl sites for hydroxylation is 1. The van der Waals surface area contributed by atoms with Gasteiger partial charge in [0, 0.05) is 20.6 Å². The van der Waals surface area contributed by atoms with E-state index < -0.39 is 6.10 Å². The van der Waals surface area contributed by atoms with Crippen molar-refractivity contribution in [3.8, 4) is 5.75 Å². The zero-order valence-corrected chi connectivity index (χ0v) is 10.8. The molecule has 0 bridgehead atoms. The summed E-state index contributed by atoms with van der Waals surface area (Å²) < 4.78 is 5.53. The number of rotatable bonds is 7. The Kier molecular flexibility index (Phi) is 5.97. The molecule has 0 aliphatic heterocycles. The third kappa shape index (κ3) is 5.68. The van der Waals surface area contributed by atoms with E-state index in [-0.39, 0.29) is 0 Å². The standard InChI is InChI=1S/C13H22N2O2/c1-4-11-6-5-7-13(8-11)17-10-12(16)9-14-15(2)3/h5-8,12,14,16H,4,9-10H2,1-3H3. The molecule has 2 N–H and O–H groups in total. The highest BCUT2D eigenvalue weighted by atomic mass is 16.5. The Hall–Kier alpha value is -1.10. The largest absolute Gasteiger partial charge is 0.491 e. The lowest BCUT2D eigenvalue weighted by Crippen LogP contribution is -2.39. The van der Waals surface area contributed by atoms with E-state index in [1.807, 2.05) is 32.3 Å². The van der Waals surface area contributed by atoms with Gasteiger partial charge in [-0.1, -0.05) is 19.1 Å². The van der Waals surface area contributed by atoms with E-state index in [0.29, 0.717) is 13.2 Å². The van der Waals surface area contributed by atoms with Crippen molar-refractivity contribution >= 4 is 0 Å². The summed E-state index contributed by atoms with van der Waals surface area (Å²) in [6.45, 7) is 2.89. The van der Waals surface area contributed by atoms with Gasteiger partial charge in [0.05, 0.1) is 0 Å². The van der Waals surface area contributed by atoms with Crippen molar-refractivity contribution in [2.75, 3.05) is 27.2 Å². The quantitative estimate of drug-likeness (QED) is 0.697. The maximum Gasteiger partial charge on any atom is 0.119 e. The van der Waals surface area contributed by atoms with Crippen molar-refractivity contribution in [2.45, 2.75) is 19.4 Å². The first kappa shape index (κ1) is 14.0. The zero-order valence-electron chi connectivity index (χ0n) is 10.8. The van der Waals surface area contributed by atoms with Gasteiger partial charge in [-0.2, -0.15) is 0 Å². The molecule has 1 rings (SSSR count). The van der Waals surface area contributed by atoms with Gasteiger partial charge in [-0.15, -0.1) is 0 Å². The topological polar surface area (TPSA) is 44.7 Å². The number of aliphatic hydroxyl groups excluding tert-OH is 1. The van der Waals surface area contributed by atoms with E-state index in [1.54, 1.807) is 5.01 Å². The van der Waals surface area contributed by atoms with Gasteiger partial charge in [0.15, 0.2) is 0 Å². The normalized spacial score (nSPS) is 12.8. The lowest BCUT2D eigenvalue weighted by molar-refractivity contribution is 0.0884. The second-order valence-electron chi connectivity index (χ2n) is 4.22. The fraction of sp³-hybridized carbons (Fsp3) is 0.538. The molecule has 0 aliphatic carbocycles. The first-order chi connectivity index (χ1) is 8.11. The molecule has 0 saturated heterocycles. The third-order valence-electron chi connectivity index (χ3n) is 2.39. The number of ether oxygens (including phenoxy) is 1. The molecule has 17 heavy (non-hydrogen) atoms. The van der Waals surface area contributed by atoms with Gasteiger partial charge in [-0.05, 0) is 24.1 Å². The molecule has 0 fully saturated rings. The molecule has 1 aromatic rings. The molecule has 96 valence electrons. The Labute approximate surface area is 103 Å². The minimum Gasteiger partial charge on any atom is -0.491 e. The fourth-order valence-corrected chi connectivity index (χ4v) is 1.39. The second kappa shape index (κ2) is 7.27. The van der Waals surface area contributed by atoms with Crippen molar-refractivity contribution in [3.63, 3.8) is 0 Å². The average Bonchev–Trinajstić information content (AvgIpc) is 2.34. The SMILES string of the molecule is CCc1cccc(OCC(O)CNN(C)C)c1. The van der Waals surface area contributed by atoms with Gasteiger partial charge in [-0.25, -0.2) is 0 Å². The van der Waals surface area contributed by atoms with Crippen molar-refractivity contribution < 1.29 is 9.84 Å². The number of hydrogen-bond donors (Lipinski definition) is 2.